The molecule has 1 aromatic heterocycles. The van der Waals surface area contributed by atoms with Crippen LogP contribution in [0.4, 0.5) is 8.78 Å². The highest BCUT2D eigenvalue weighted by Gasteiger charge is 2.29. The number of benzene rings is 1. The molecule has 1 aromatic carbocycles. The summed E-state index contributed by atoms with van der Waals surface area (Å²) in [6, 6.07) is 2.87. The number of halogens is 2. The zero-order chi connectivity index (χ0) is 15.1. The van der Waals surface area contributed by atoms with Crippen LogP contribution in [0.15, 0.2) is 18.2 Å². The molecule has 1 N–H and O–H groups in total. The van der Waals surface area contributed by atoms with Gasteiger partial charge in [-0.3, -0.25) is 0 Å². The molecule has 0 saturated heterocycles. The zero-order valence-corrected chi connectivity index (χ0v) is 11.2. The number of hydrogen-bond acceptors (Lipinski definition) is 3. The van der Waals surface area contributed by atoms with Gasteiger partial charge < -0.3 is 5.11 Å². The second-order valence-electron chi connectivity index (χ2n) is 5.38. The maximum absolute atomic E-state index is 13.3. The van der Waals surface area contributed by atoms with Crippen molar-refractivity contribution in [3.05, 3.63) is 41.2 Å². The SMILES string of the molecule is CC(C)(C)c1c(C(=O)O)nnn1-c1cc(F)cc(F)c1. The number of nitrogens with zero attached hydrogens (tertiary/aromatic N) is 3. The van der Waals surface area contributed by atoms with Crippen molar-refractivity contribution in [3.63, 3.8) is 0 Å². The van der Waals surface area contributed by atoms with E-state index in [0.29, 0.717) is 0 Å². The van der Waals surface area contributed by atoms with Crippen LogP contribution in [-0.2, 0) is 5.41 Å². The highest BCUT2D eigenvalue weighted by Crippen LogP contribution is 2.27. The molecule has 0 aliphatic rings. The fourth-order valence-corrected chi connectivity index (χ4v) is 1.94. The quantitative estimate of drug-likeness (QED) is 0.918. The summed E-state index contributed by atoms with van der Waals surface area (Å²) in [5.41, 5.74) is -0.482. The summed E-state index contributed by atoms with van der Waals surface area (Å²) in [5, 5.41) is 16.4. The van der Waals surface area contributed by atoms with E-state index in [9.17, 15) is 13.6 Å². The lowest BCUT2D eigenvalue weighted by atomic mass is 9.90. The van der Waals surface area contributed by atoms with E-state index < -0.39 is 23.0 Å². The number of rotatable bonds is 2. The maximum Gasteiger partial charge on any atom is 0.358 e. The van der Waals surface area contributed by atoms with Crippen LogP contribution in [-0.4, -0.2) is 26.1 Å². The Morgan fingerprint density at radius 3 is 2.20 bits per heavy atom. The Morgan fingerprint density at radius 2 is 1.75 bits per heavy atom. The predicted octanol–water partition coefficient (Wildman–Crippen LogP) is 2.54. The summed E-state index contributed by atoms with van der Waals surface area (Å²) in [5.74, 6) is -2.78. The molecule has 20 heavy (non-hydrogen) atoms. The average molecular weight is 281 g/mol. The highest BCUT2D eigenvalue weighted by molar-refractivity contribution is 5.87. The topological polar surface area (TPSA) is 68.0 Å². The van der Waals surface area contributed by atoms with Crippen molar-refractivity contribution < 1.29 is 18.7 Å². The van der Waals surface area contributed by atoms with Crippen LogP contribution in [0, 0.1) is 11.6 Å². The molecule has 0 bridgehead atoms. The van der Waals surface area contributed by atoms with E-state index in [2.05, 4.69) is 10.3 Å². The third kappa shape index (κ3) is 2.52. The first-order valence-electron chi connectivity index (χ1n) is 5.86. The van der Waals surface area contributed by atoms with Crippen LogP contribution in [0.2, 0.25) is 0 Å². The van der Waals surface area contributed by atoms with Crippen molar-refractivity contribution in [2.24, 2.45) is 0 Å². The molecule has 0 spiro atoms. The summed E-state index contributed by atoms with van der Waals surface area (Å²) >= 11 is 0. The Hall–Kier alpha value is -2.31. The molecule has 5 nitrogen and oxygen atoms in total. The molecule has 0 aliphatic carbocycles. The van der Waals surface area contributed by atoms with Gasteiger partial charge in [0.15, 0.2) is 5.69 Å². The molecule has 2 aromatic rings. The summed E-state index contributed by atoms with van der Waals surface area (Å²) in [4.78, 5) is 11.2. The van der Waals surface area contributed by atoms with E-state index in [-0.39, 0.29) is 17.1 Å². The number of carboxylic acid groups (broad SMARTS) is 1. The second kappa shape index (κ2) is 4.66. The maximum atomic E-state index is 13.3. The number of hydrogen-bond donors (Lipinski definition) is 1. The monoisotopic (exact) mass is 281 g/mol. The smallest absolute Gasteiger partial charge is 0.358 e. The van der Waals surface area contributed by atoms with Gasteiger partial charge in [-0.15, -0.1) is 5.10 Å². The number of aromatic carboxylic acids is 1. The first kappa shape index (κ1) is 14.1. The van der Waals surface area contributed by atoms with Gasteiger partial charge in [-0.1, -0.05) is 26.0 Å². The molecule has 0 unspecified atom stereocenters. The number of carboxylic acids is 1. The minimum Gasteiger partial charge on any atom is -0.476 e. The van der Waals surface area contributed by atoms with Gasteiger partial charge in [0.05, 0.1) is 11.4 Å². The number of aromatic nitrogens is 3. The molecule has 106 valence electrons. The molecule has 0 fully saturated rings. The molecule has 7 heteroatoms. The van der Waals surface area contributed by atoms with Crippen molar-refractivity contribution >= 4 is 5.97 Å². The standard InChI is InChI=1S/C13H13F2N3O2/c1-13(2,3)11-10(12(19)20)16-17-18(11)9-5-7(14)4-8(15)6-9/h4-6H,1-3H3,(H,19,20). The number of carbonyl (C=O) groups is 1. The largest absolute Gasteiger partial charge is 0.476 e. The molecule has 1 heterocycles. The molecule has 2 rings (SSSR count). The lowest BCUT2D eigenvalue weighted by molar-refractivity contribution is 0.0687. The van der Waals surface area contributed by atoms with Crippen LogP contribution >= 0.6 is 0 Å². The lowest BCUT2D eigenvalue weighted by Crippen LogP contribution is -2.21. The van der Waals surface area contributed by atoms with Gasteiger partial charge in [-0.25, -0.2) is 18.3 Å². The van der Waals surface area contributed by atoms with Crippen LogP contribution in [0.25, 0.3) is 5.69 Å². The van der Waals surface area contributed by atoms with Crippen molar-refractivity contribution in [1.82, 2.24) is 15.0 Å². The Bertz CT molecular complexity index is 654. The first-order valence-corrected chi connectivity index (χ1v) is 5.86. The van der Waals surface area contributed by atoms with Crippen molar-refractivity contribution in [2.75, 3.05) is 0 Å². The van der Waals surface area contributed by atoms with Crippen molar-refractivity contribution in [2.45, 2.75) is 26.2 Å². The minimum absolute atomic E-state index is 0.0902. The molecular formula is C13H13F2N3O2. The van der Waals surface area contributed by atoms with Gasteiger partial charge in [0, 0.05) is 11.5 Å². The van der Waals surface area contributed by atoms with E-state index in [4.69, 9.17) is 5.11 Å². The molecule has 0 radical (unpaired) electrons. The van der Waals surface area contributed by atoms with Gasteiger partial charge in [0.25, 0.3) is 0 Å². The van der Waals surface area contributed by atoms with E-state index in [1.165, 1.54) is 0 Å². The molecular weight excluding hydrogens is 268 g/mol. The van der Waals surface area contributed by atoms with Gasteiger partial charge in [0.2, 0.25) is 0 Å². The van der Waals surface area contributed by atoms with E-state index >= 15 is 0 Å². The third-order valence-electron chi connectivity index (χ3n) is 2.68. The fourth-order valence-electron chi connectivity index (χ4n) is 1.94. The normalized spacial score (nSPS) is 11.7. The van der Waals surface area contributed by atoms with Crippen LogP contribution in [0.3, 0.4) is 0 Å². The molecule has 0 saturated carbocycles. The Balaban J connectivity index is 2.72. The third-order valence-corrected chi connectivity index (χ3v) is 2.68. The van der Waals surface area contributed by atoms with E-state index in [1.54, 1.807) is 20.8 Å². The van der Waals surface area contributed by atoms with Crippen LogP contribution in [0.5, 0.6) is 0 Å². The second-order valence-corrected chi connectivity index (χ2v) is 5.38. The summed E-state index contributed by atoms with van der Waals surface area (Å²) in [6.07, 6.45) is 0. The van der Waals surface area contributed by atoms with Crippen LogP contribution in [0.1, 0.15) is 37.0 Å². The van der Waals surface area contributed by atoms with Gasteiger partial charge in [0.1, 0.15) is 11.6 Å². The Morgan fingerprint density at radius 1 is 1.20 bits per heavy atom. The Labute approximate surface area is 113 Å². The highest BCUT2D eigenvalue weighted by atomic mass is 19.1. The van der Waals surface area contributed by atoms with Gasteiger partial charge in [-0.05, 0) is 12.1 Å². The minimum atomic E-state index is -1.24. The summed E-state index contributed by atoms with van der Waals surface area (Å²) in [6.45, 7) is 5.30. The zero-order valence-electron chi connectivity index (χ0n) is 11.2. The Kier molecular flexibility index (Phi) is 3.29. The molecule has 0 aliphatic heterocycles. The van der Waals surface area contributed by atoms with Gasteiger partial charge >= 0.3 is 5.97 Å². The van der Waals surface area contributed by atoms with E-state index in [0.717, 1.165) is 22.9 Å². The molecule has 0 amide bonds. The predicted molar refractivity (Wildman–Crippen MR) is 66.9 cm³/mol. The van der Waals surface area contributed by atoms with Crippen molar-refractivity contribution in [3.8, 4) is 5.69 Å². The lowest BCUT2D eigenvalue weighted by Gasteiger charge is -2.20. The fraction of sp³-hybridized carbons (Fsp3) is 0.308. The first-order chi connectivity index (χ1) is 9.20. The van der Waals surface area contributed by atoms with Gasteiger partial charge in [-0.2, -0.15) is 0 Å². The van der Waals surface area contributed by atoms with E-state index in [1.807, 2.05) is 0 Å². The molecule has 0 atom stereocenters. The van der Waals surface area contributed by atoms with Crippen molar-refractivity contribution in [1.29, 1.82) is 0 Å². The average Bonchev–Trinajstić information content (AvgIpc) is 2.71. The summed E-state index contributed by atoms with van der Waals surface area (Å²) < 4.78 is 27.7. The van der Waals surface area contributed by atoms with Crippen LogP contribution < -0.4 is 0 Å². The summed E-state index contributed by atoms with van der Waals surface area (Å²) in [7, 11) is 0.